The van der Waals surface area contributed by atoms with Gasteiger partial charge in [0.15, 0.2) is 0 Å². The van der Waals surface area contributed by atoms with Crippen molar-refractivity contribution in [2.24, 2.45) is 7.05 Å². The summed E-state index contributed by atoms with van der Waals surface area (Å²) in [7, 11) is 6.11. The van der Waals surface area contributed by atoms with Crippen LogP contribution < -0.4 is 5.56 Å². The number of hydrogen-bond acceptors (Lipinski definition) is 3. The van der Waals surface area contributed by atoms with Crippen molar-refractivity contribution in [1.29, 1.82) is 0 Å². The number of aromatic nitrogens is 2. The highest BCUT2D eigenvalue weighted by atomic mass is 16.4. The molecule has 0 aliphatic rings. The molecule has 0 fully saturated rings. The van der Waals surface area contributed by atoms with Crippen LogP contribution >= 0.6 is 0 Å². The zero-order valence-corrected chi connectivity index (χ0v) is 15.5. The molecule has 136 valence electrons. The second-order valence-corrected chi connectivity index (χ2v) is 6.78. The van der Waals surface area contributed by atoms with Crippen LogP contribution in [0.3, 0.4) is 0 Å². The Labute approximate surface area is 151 Å². The number of benzene rings is 1. The molecule has 0 unspecified atom stereocenters. The van der Waals surface area contributed by atoms with Crippen LogP contribution in [0, 0.1) is 0 Å². The Bertz CT molecular complexity index is 1040. The van der Waals surface area contributed by atoms with Crippen molar-refractivity contribution in [2.75, 3.05) is 14.1 Å². The lowest BCUT2D eigenvalue weighted by molar-refractivity contribution is 0.0695. The number of nitrogens with one attached hydrogen (secondary N) is 1. The van der Waals surface area contributed by atoms with E-state index in [1.165, 1.54) is 11.8 Å². The largest absolute Gasteiger partial charge is 0.477 e. The molecule has 0 aliphatic heterocycles. The molecule has 2 N–H and O–H groups in total. The highest BCUT2D eigenvalue weighted by molar-refractivity contribution is 5.89. The molecule has 0 atom stereocenters. The summed E-state index contributed by atoms with van der Waals surface area (Å²) in [5, 5.41) is 10.3. The van der Waals surface area contributed by atoms with E-state index < -0.39 is 11.5 Å². The van der Waals surface area contributed by atoms with Crippen molar-refractivity contribution in [3.8, 4) is 11.3 Å². The second kappa shape index (κ2) is 6.80. The minimum Gasteiger partial charge on any atom is -0.477 e. The smallest absolute Gasteiger partial charge is 0.341 e. The fraction of sp³-hybridized carbons (Fsp3) is 0.300. The van der Waals surface area contributed by atoms with Crippen LogP contribution in [0.2, 0.25) is 0 Å². The monoisotopic (exact) mass is 353 g/mol. The number of hydrogen-bond donors (Lipinski definition) is 2. The van der Waals surface area contributed by atoms with E-state index in [-0.39, 0.29) is 5.56 Å². The van der Waals surface area contributed by atoms with Crippen molar-refractivity contribution in [3.63, 3.8) is 0 Å². The first-order valence-corrected chi connectivity index (χ1v) is 8.54. The molecule has 2 heterocycles. The lowest BCUT2D eigenvalue weighted by Crippen LogP contribution is -2.19. The summed E-state index contributed by atoms with van der Waals surface area (Å²) < 4.78 is 2.16. The molecule has 6 heteroatoms. The van der Waals surface area contributed by atoms with Gasteiger partial charge in [0.2, 0.25) is 0 Å². The molecule has 26 heavy (non-hydrogen) atoms. The maximum Gasteiger partial charge on any atom is 0.341 e. The van der Waals surface area contributed by atoms with Gasteiger partial charge in [-0.05, 0) is 55.9 Å². The van der Waals surface area contributed by atoms with Crippen molar-refractivity contribution >= 4 is 16.9 Å². The quantitative estimate of drug-likeness (QED) is 0.739. The van der Waals surface area contributed by atoms with E-state index in [0.717, 1.165) is 28.6 Å². The zero-order valence-electron chi connectivity index (χ0n) is 15.5. The number of carboxylic acid groups (broad SMARTS) is 1. The van der Waals surface area contributed by atoms with E-state index in [4.69, 9.17) is 5.11 Å². The number of nitrogens with zero attached hydrogens (tertiary/aromatic N) is 2. The van der Waals surface area contributed by atoms with Crippen molar-refractivity contribution in [2.45, 2.75) is 19.9 Å². The fourth-order valence-electron chi connectivity index (χ4n) is 3.31. The summed E-state index contributed by atoms with van der Waals surface area (Å²) in [4.78, 5) is 28.2. The average molecular weight is 353 g/mol. The molecule has 0 spiro atoms. The normalized spacial score (nSPS) is 11.4. The maximum absolute atomic E-state index is 12.1. The zero-order chi connectivity index (χ0) is 19.0. The van der Waals surface area contributed by atoms with Crippen LogP contribution in [-0.4, -0.2) is 39.6 Å². The Balaban J connectivity index is 2.15. The number of fused-ring (bicyclic) bond motifs is 1. The number of aryl methyl sites for hydroxylation is 2. The summed E-state index contributed by atoms with van der Waals surface area (Å²) in [6.45, 7) is 2.78. The third kappa shape index (κ3) is 3.15. The number of pyridine rings is 1. The Morgan fingerprint density at radius 2 is 1.96 bits per heavy atom. The topological polar surface area (TPSA) is 78.3 Å². The van der Waals surface area contributed by atoms with Gasteiger partial charge in [-0.3, -0.25) is 4.79 Å². The predicted molar refractivity (Wildman–Crippen MR) is 103 cm³/mol. The van der Waals surface area contributed by atoms with Crippen LogP contribution in [0.1, 0.15) is 28.5 Å². The van der Waals surface area contributed by atoms with E-state index in [0.29, 0.717) is 12.1 Å². The minimum absolute atomic E-state index is 0.223. The first kappa shape index (κ1) is 17.9. The van der Waals surface area contributed by atoms with Gasteiger partial charge in [0.25, 0.3) is 5.56 Å². The standard InChI is InChI=1S/C20H23N3O3/c1-5-12-10-16(20(25)26)19(24)21-18(12)13-6-7-17-14(8-13)9-15(23(17)4)11-22(2)3/h6-10H,5,11H2,1-4H3,(H,21,24)(H,25,26). The van der Waals surface area contributed by atoms with E-state index in [1.807, 2.05) is 46.3 Å². The van der Waals surface area contributed by atoms with Gasteiger partial charge in [-0.15, -0.1) is 0 Å². The Morgan fingerprint density at radius 3 is 2.58 bits per heavy atom. The number of carbonyl (C=O) groups is 1. The molecule has 0 radical (unpaired) electrons. The summed E-state index contributed by atoms with van der Waals surface area (Å²) in [6, 6.07) is 9.66. The molecule has 3 rings (SSSR count). The number of aromatic amines is 1. The van der Waals surface area contributed by atoms with Gasteiger partial charge in [0, 0.05) is 30.2 Å². The fourth-order valence-corrected chi connectivity index (χ4v) is 3.31. The number of carboxylic acids is 1. The summed E-state index contributed by atoms with van der Waals surface area (Å²) in [5.74, 6) is -1.21. The molecule has 0 aliphatic carbocycles. The van der Waals surface area contributed by atoms with Crippen LogP contribution in [-0.2, 0) is 20.0 Å². The average Bonchev–Trinajstić information content (AvgIpc) is 2.89. The molecule has 3 aromatic rings. The molecule has 0 saturated carbocycles. The van der Waals surface area contributed by atoms with Gasteiger partial charge >= 0.3 is 5.97 Å². The van der Waals surface area contributed by atoms with Gasteiger partial charge < -0.3 is 19.6 Å². The molecule has 1 aromatic carbocycles. The van der Waals surface area contributed by atoms with E-state index in [2.05, 4.69) is 20.5 Å². The summed E-state index contributed by atoms with van der Waals surface area (Å²) >= 11 is 0. The molecule has 2 aromatic heterocycles. The SMILES string of the molecule is CCc1cc(C(=O)O)c(=O)[nH]c1-c1ccc2c(c1)cc(CN(C)C)n2C. The lowest BCUT2D eigenvalue weighted by atomic mass is 10.0. The maximum atomic E-state index is 12.1. The molecule has 0 amide bonds. The predicted octanol–water partition coefficient (Wildman–Crippen LogP) is 2.86. The van der Waals surface area contributed by atoms with Crippen molar-refractivity contribution in [1.82, 2.24) is 14.5 Å². The number of H-pyrrole nitrogens is 1. The first-order valence-electron chi connectivity index (χ1n) is 8.54. The third-order valence-electron chi connectivity index (χ3n) is 4.64. The number of aromatic carboxylic acids is 1. The molecule has 0 bridgehead atoms. The van der Waals surface area contributed by atoms with Crippen molar-refractivity contribution < 1.29 is 9.90 Å². The Morgan fingerprint density at radius 1 is 1.23 bits per heavy atom. The van der Waals surface area contributed by atoms with Crippen molar-refractivity contribution in [3.05, 3.63) is 57.5 Å². The van der Waals surface area contributed by atoms with E-state index in [9.17, 15) is 9.59 Å². The van der Waals surface area contributed by atoms with Crippen LogP contribution in [0.25, 0.3) is 22.2 Å². The van der Waals surface area contributed by atoms with Gasteiger partial charge in [-0.2, -0.15) is 0 Å². The first-order chi connectivity index (χ1) is 12.3. The molecule has 6 nitrogen and oxygen atoms in total. The molecular formula is C20H23N3O3. The van der Waals surface area contributed by atoms with E-state index in [1.54, 1.807) is 0 Å². The Kier molecular flexibility index (Phi) is 4.70. The van der Waals surface area contributed by atoms with Crippen LogP contribution in [0.4, 0.5) is 0 Å². The highest BCUT2D eigenvalue weighted by Crippen LogP contribution is 2.28. The number of rotatable bonds is 5. The summed E-state index contributed by atoms with van der Waals surface area (Å²) in [5.41, 5.74) is 3.89. The summed E-state index contributed by atoms with van der Waals surface area (Å²) in [6.07, 6.45) is 0.630. The van der Waals surface area contributed by atoms with Gasteiger partial charge in [0.05, 0.1) is 5.69 Å². The van der Waals surface area contributed by atoms with Gasteiger partial charge in [-0.1, -0.05) is 13.0 Å². The van der Waals surface area contributed by atoms with Crippen LogP contribution in [0.15, 0.2) is 35.1 Å². The Hall–Kier alpha value is -2.86. The third-order valence-corrected chi connectivity index (χ3v) is 4.64. The second-order valence-electron chi connectivity index (χ2n) is 6.78. The van der Waals surface area contributed by atoms with Gasteiger partial charge in [-0.25, -0.2) is 4.79 Å². The minimum atomic E-state index is -1.21. The van der Waals surface area contributed by atoms with Crippen LogP contribution in [0.5, 0.6) is 0 Å². The highest BCUT2D eigenvalue weighted by Gasteiger charge is 2.15. The van der Waals surface area contributed by atoms with Gasteiger partial charge in [0.1, 0.15) is 5.56 Å². The molecule has 0 saturated heterocycles. The van der Waals surface area contributed by atoms with E-state index >= 15 is 0 Å². The molecular weight excluding hydrogens is 330 g/mol. The lowest BCUT2D eigenvalue weighted by Gasteiger charge is -2.11.